The molecule has 5 heteroatoms. The first-order chi connectivity index (χ1) is 9.15. The molecule has 0 fully saturated rings. The average Bonchev–Trinajstić information content (AvgIpc) is 2.86. The monoisotopic (exact) mass is 273 g/mol. The second kappa shape index (κ2) is 6.24. The number of anilines is 1. The highest BCUT2D eigenvalue weighted by Crippen LogP contribution is 2.22. The number of carbonyl (C=O) groups is 1. The summed E-state index contributed by atoms with van der Waals surface area (Å²) in [5, 5.41) is 12.1. The molecular formula is C14H15N3OS. The van der Waals surface area contributed by atoms with Gasteiger partial charge in [0, 0.05) is 12.0 Å². The Morgan fingerprint density at radius 2 is 2.00 bits per heavy atom. The summed E-state index contributed by atoms with van der Waals surface area (Å²) in [5.74, 6) is 0.123. The number of hydrogen-bond donors (Lipinski definition) is 1. The van der Waals surface area contributed by atoms with Gasteiger partial charge in [0.05, 0.1) is 0 Å². The van der Waals surface area contributed by atoms with Gasteiger partial charge in [0.1, 0.15) is 5.01 Å². The maximum Gasteiger partial charge on any atom is 0.250 e. The first-order valence-corrected chi connectivity index (χ1v) is 6.84. The summed E-state index contributed by atoms with van der Waals surface area (Å²) in [6.45, 7) is 4.09. The Bertz CT molecular complexity index is 575. The molecule has 0 aliphatic heterocycles. The quantitative estimate of drug-likeness (QED) is 0.869. The van der Waals surface area contributed by atoms with Crippen LogP contribution in [0.1, 0.15) is 30.3 Å². The van der Waals surface area contributed by atoms with Crippen LogP contribution in [0.4, 0.5) is 5.13 Å². The molecule has 0 aliphatic carbocycles. The van der Waals surface area contributed by atoms with E-state index < -0.39 is 0 Å². The fourth-order valence-corrected chi connectivity index (χ4v) is 2.15. The van der Waals surface area contributed by atoms with Gasteiger partial charge in [0.25, 0.3) is 0 Å². The van der Waals surface area contributed by atoms with Gasteiger partial charge in [0.15, 0.2) is 0 Å². The van der Waals surface area contributed by atoms with E-state index in [1.54, 1.807) is 6.08 Å². The molecule has 0 saturated heterocycles. The van der Waals surface area contributed by atoms with Crippen LogP contribution in [0.5, 0.6) is 0 Å². The molecule has 0 radical (unpaired) electrons. The van der Waals surface area contributed by atoms with Crippen molar-refractivity contribution in [3.63, 3.8) is 0 Å². The van der Waals surface area contributed by atoms with Crippen molar-refractivity contribution in [2.75, 3.05) is 5.32 Å². The van der Waals surface area contributed by atoms with Crippen molar-refractivity contribution in [1.82, 2.24) is 10.2 Å². The molecule has 0 atom stereocenters. The van der Waals surface area contributed by atoms with Crippen LogP contribution in [0.3, 0.4) is 0 Å². The Labute approximate surface area is 116 Å². The van der Waals surface area contributed by atoms with E-state index in [-0.39, 0.29) is 5.91 Å². The second-order valence-electron chi connectivity index (χ2n) is 4.33. The lowest BCUT2D eigenvalue weighted by molar-refractivity contribution is -0.111. The third kappa shape index (κ3) is 3.99. The lowest BCUT2D eigenvalue weighted by Gasteiger charge is -1.96. The normalized spacial score (nSPS) is 11.1. The van der Waals surface area contributed by atoms with Crippen molar-refractivity contribution in [2.24, 2.45) is 0 Å². The van der Waals surface area contributed by atoms with Crippen LogP contribution in [0.15, 0.2) is 36.4 Å². The SMILES string of the molecule is CC(C)c1nnc(NC(=O)/C=C\c2ccccc2)s1. The van der Waals surface area contributed by atoms with Crippen LogP contribution < -0.4 is 5.32 Å². The summed E-state index contributed by atoms with van der Waals surface area (Å²) in [7, 11) is 0. The van der Waals surface area contributed by atoms with E-state index in [4.69, 9.17) is 0 Å². The van der Waals surface area contributed by atoms with Crippen molar-refractivity contribution in [2.45, 2.75) is 19.8 Å². The molecule has 1 aromatic heterocycles. The number of hydrogen-bond acceptors (Lipinski definition) is 4. The lowest BCUT2D eigenvalue weighted by atomic mass is 10.2. The summed E-state index contributed by atoms with van der Waals surface area (Å²) >= 11 is 1.40. The van der Waals surface area contributed by atoms with E-state index in [1.807, 2.05) is 44.2 Å². The number of carbonyl (C=O) groups excluding carboxylic acids is 1. The van der Waals surface area contributed by atoms with E-state index in [2.05, 4.69) is 15.5 Å². The highest BCUT2D eigenvalue weighted by molar-refractivity contribution is 7.15. The number of nitrogens with one attached hydrogen (secondary N) is 1. The number of nitrogens with zero attached hydrogens (tertiary/aromatic N) is 2. The molecule has 98 valence electrons. The maximum absolute atomic E-state index is 11.7. The van der Waals surface area contributed by atoms with Crippen LogP contribution in [0.2, 0.25) is 0 Å². The van der Waals surface area contributed by atoms with E-state index in [1.165, 1.54) is 17.4 Å². The van der Waals surface area contributed by atoms with Gasteiger partial charge >= 0.3 is 0 Å². The van der Waals surface area contributed by atoms with Gasteiger partial charge in [-0.05, 0) is 11.6 Å². The molecular weight excluding hydrogens is 258 g/mol. The molecule has 0 aliphatic rings. The minimum Gasteiger partial charge on any atom is -0.297 e. The highest BCUT2D eigenvalue weighted by Gasteiger charge is 2.08. The molecule has 19 heavy (non-hydrogen) atoms. The molecule has 4 nitrogen and oxygen atoms in total. The van der Waals surface area contributed by atoms with Crippen molar-refractivity contribution < 1.29 is 4.79 Å². The Balaban J connectivity index is 1.95. The smallest absolute Gasteiger partial charge is 0.250 e. The van der Waals surface area contributed by atoms with E-state index in [0.29, 0.717) is 11.0 Å². The predicted octanol–water partition coefficient (Wildman–Crippen LogP) is 3.31. The lowest BCUT2D eigenvalue weighted by Crippen LogP contribution is -2.07. The Morgan fingerprint density at radius 3 is 2.63 bits per heavy atom. The van der Waals surface area contributed by atoms with Gasteiger partial charge in [-0.3, -0.25) is 10.1 Å². The van der Waals surface area contributed by atoms with Crippen molar-refractivity contribution in [1.29, 1.82) is 0 Å². The molecule has 2 rings (SSSR count). The zero-order valence-electron chi connectivity index (χ0n) is 10.8. The standard InChI is InChI=1S/C14H15N3OS/c1-10(2)13-16-17-14(19-13)15-12(18)9-8-11-6-4-3-5-7-11/h3-10H,1-2H3,(H,15,17,18)/b9-8-. The topological polar surface area (TPSA) is 54.9 Å². The molecule has 0 spiro atoms. The van der Waals surface area contributed by atoms with Crippen molar-refractivity contribution in [3.05, 3.63) is 47.0 Å². The molecule has 1 N–H and O–H groups in total. The van der Waals surface area contributed by atoms with Crippen molar-refractivity contribution in [3.8, 4) is 0 Å². The molecule has 0 unspecified atom stereocenters. The van der Waals surface area contributed by atoms with Gasteiger partial charge in [-0.25, -0.2) is 0 Å². The van der Waals surface area contributed by atoms with Crippen molar-refractivity contribution >= 4 is 28.5 Å². The van der Waals surface area contributed by atoms with E-state index in [0.717, 1.165) is 10.6 Å². The Kier molecular flexibility index (Phi) is 4.41. The fourth-order valence-electron chi connectivity index (χ4n) is 1.40. The largest absolute Gasteiger partial charge is 0.297 e. The summed E-state index contributed by atoms with van der Waals surface area (Å²) in [5.41, 5.74) is 0.984. The number of aromatic nitrogens is 2. The first-order valence-electron chi connectivity index (χ1n) is 6.02. The zero-order chi connectivity index (χ0) is 13.7. The molecule has 0 bridgehead atoms. The number of amides is 1. The highest BCUT2D eigenvalue weighted by atomic mass is 32.1. The van der Waals surface area contributed by atoms with Crippen LogP contribution in [0.25, 0.3) is 6.08 Å². The summed E-state index contributed by atoms with van der Waals surface area (Å²) in [6, 6.07) is 9.66. The van der Waals surface area contributed by atoms with Gasteiger partial charge in [0.2, 0.25) is 11.0 Å². The van der Waals surface area contributed by atoms with Crippen LogP contribution in [0, 0.1) is 0 Å². The molecule has 1 aromatic carbocycles. The Hall–Kier alpha value is -2.01. The van der Waals surface area contributed by atoms with Crippen LogP contribution in [-0.4, -0.2) is 16.1 Å². The third-order valence-electron chi connectivity index (χ3n) is 2.39. The minimum absolute atomic E-state index is 0.199. The van der Waals surface area contributed by atoms with Crippen LogP contribution >= 0.6 is 11.3 Å². The predicted molar refractivity (Wildman–Crippen MR) is 78.1 cm³/mol. The second-order valence-corrected chi connectivity index (χ2v) is 5.34. The maximum atomic E-state index is 11.7. The van der Waals surface area contributed by atoms with E-state index >= 15 is 0 Å². The first kappa shape index (κ1) is 13.4. The number of rotatable bonds is 4. The van der Waals surface area contributed by atoms with Gasteiger partial charge in [-0.2, -0.15) is 0 Å². The summed E-state index contributed by atoms with van der Waals surface area (Å²) in [6.07, 6.45) is 3.26. The number of benzene rings is 1. The summed E-state index contributed by atoms with van der Waals surface area (Å²) in [4.78, 5) is 11.7. The van der Waals surface area contributed by atoms with Gasteiger partial charge in [-0.15, -0.1) is 10.2 Å². The minimum atomic E-state index is -0.199. The zero-order valence-corrected chi connectivity index (χ0v) is 11.6. The van der Waals surface area contributed by atoms with Gasteiger partial charge < -0.3 is 0 Å². The third-order valence-corrected chi connectivity index (χ3v) is 3.53. The van der Waals surface area contributed by atoms with Gasteiger partial charge in [-0.1, -0.05) is 55.5 Å². The summed E-state index contributed by atoms with van der Waals surface area (Å²) < 4.78 is 0. The van der Waals surface area contributed by atoms with Crippen LogP contribution in [-0.2, 0) is 4.79 Å². The fraction of sp³-hybridized carbons (Fsp3) is 0.214. The molecule has 1 amide bonds. The van der Waals surface area contributed by atoms with E-state index in [9.17, 15) is 4.79 Å². The Morgan fingerprint density at radius 1 is 1.26 bits per heavy atom. The average molecular weight is 273 g/mol. The molecule has 1 heterocycles. The molecule has 0 saturated carbocycles. The molecule has 2 aromatic rings.